The van der Waals surface area contributed by atoms with E-state index in [0.29, 0.717) is 0 Å². The number of ether oxygens (including phenoxy) is 1. The van der Waals surface area contributed by atoms with Crippen LogP contribution in [0.2, 0.25) is 0 Å². The van der Waals surface area contributed by atoms with Crippen molar-refractivity contribution in [3.05, 3.63) is 42.1 Å². The zero-order valence-electron chi connectivity index (χ0n) is 14.2. The maximum atomic E-state index is 14.3. The molecular formula is C16H16ClF5N4O. The lowest BCUT2D eigenvalue weighted by Crippen LogP contribution is -2.43. The average molecular weight is 411 g/mol. The Hall–Kier alpha value is -2.10. The Kier molecular flexibility index (Phi) is 4.96. The summed E-state index contributed by atoms with van der Waals surface area (Å²) >= 11 is 5.11. The number of rotatable bonds is 6. The zero-order chi connectivity index (χ0) is 20.0. The molecule has 0 bridgehead atoms. The second kappa shape index (κ2) is 6.81. The summed E-state index contributed by atoms with van der Waals surface area (Å²) in [6.07, 6.45) is 1.25. The van der Waals surface area contributed by atoms with Crippen LogP contribution in [0.5, 0.6) is 0 Å². The van der Waals surface area contributed by atoms with Gasteiger partial charge in [0.15, 0.2) is 11.7 Å². The molecule has 1 atom stereocenters. The third-order valence-electron chi connectivity index (χ3n) is 4.37. The van der Waals surface area contributed by atoms with Crippen molar-refractivity contribution in [2.24, 2.45) is 0 Å². The summed E-state index contributed by atoms with van der Waals surface area (Å²) in [5.41, 5.74) is 0. The maximum Gasteiger partial charge on any atom is 0.381 e. The highest BCUT2D eigenvalue weighted by atomic mass is 35.5. The Morgan fingerprint density at radius 3 is 2.67 bits per heavy atom. The highest BCUT2D eigenvalue weighted by Crippen LogP contribution is 2.42. The molecule has 1 saturated carbocycles. The fourth-order valence-electron chi connectivity index (χ4n) is 3.01. The number of hydrogen-bond donors (Lipinski definition) is 0. The molecule has 1 fully saturated rings. The van der Waals surface area contributed by atoms with Gasteiger partial charge in [-0.1, -0.05) is 12.7 Å². The summed E-state index contributed by atoms with van der Waals surface area (Å²) in [7, 11) is 1.39. The molecule has 1 aromatic heterocycles. The minimum atomic E-state index is -3.80. The molecule has 2 heterocycles. The second-order valence-electron chi connectivity index (χ2n) is 6.34. The Morgan fingerprint density at radius 1 is 1.44 bits per heavy atom. The monoisotopic (exact) mass is 410 g/mol. The van der Waals surface area contributed by atoms with Gasteiger partial charge in [0, 0.05) is 26.3 Å². The minimum Gasteiger partial charge on any atom is -0.473 e. The largest absolute Gasteiger partial charge is 0.473 e. The van der Waals surface area contributed by atoms with Gasteiger partial charge >= 0.3 is 5.38 Å². The summed E-state index contributed by atoms with van der Waals surface area (Å²) in [5.74, 6) is -4.86. The van der Waals surface area contributed by atoms with E-state index in [1.807, 2.05) is 0 Å². The highest BCUT2D eigenvalue weighted by molar-refractivity contribution is 6.21. The van der Waals surface area contributed by atoms with Crippen molar-refractivity contribution in [2.75, 3.05) is 7.05 Å². The number of nitrogens with zero attached hydrogens (tertiary/aromatic N) is 4. The van der Waals surface area contributed by atoms with Gasteiger partial charge in [-0.25, -0.2) is 13.2 Å². The van der Waals surface area contributed by atoms with Crippen molar-refractivity contribution in [3.63, 3.8) is 0 Å². The van der Waals surface area contributed by atoms with E-state index in [1.54, 1.807) is 6.08 Å². The SMILES string of the molecule is C=C/C(F)=C(/OC1CC(F)(F)C1)N(C)C1CC=Cc2nnc(C(F)(F)Cl)n21. The minimum absolute atomic E-state index is 0.0990. The topological polar surface area (TPSA) is 43.2 Å². The Balaban J connectivity index is 1.92. The van der Waals surface area contributed by atoms with Gasteiger partial charge in [-0.2, -0.15) is 8.78 Å². The zero-order valence-corrected chi connectivity index (χ0v) is 14.9. The summed E-state index contributed by atoms with van der Waals surface area (Å²) in [6.45, 7) is 3.31. The van der Waals surface area contributed by atoms with E-state index in [-0.39, 0.29) is 18.1 Å². The molecular weight excluding hydrogens is 395 g/mol. The van der Waals surface area contributed by atoms with Gasteiger partial charge in [0.1, 0.15) is 12.3 Å². The Bertz CT molecular complexity index is 793. The molecule has 0 aromatic carbocycles. The van der Waals surface area contributed by atoms with Crippen LogP contribution in [0.4, 0.5) is 22.0 Å². The highest BCUT2D eigenvalue weighted by Gasteiger charge is 2.48. The van der Waals surface area contributed by atoms with E-state index < -0.39 is 48.1 Å². The predicted octanol–water partition coefficient (Wildman–Crippen LogP) is 4.55. The van der Waals surface area contributed by atoms with E-state index in [4.69, 9.17) is 16.3 Å². The standard InChI is InChI=1S/C16H16ClF5N4O/c1-3-10(18)13(27-9-7-15(19,20)8-9)25(2)12-6-4-5-11-23-24-14(26(11)12)16(17,21)22/h3-5,9,12H,1,6-8H2,2H3/b13-10-. The molecule has 0 spiro atoms. The first-order valence-corrected chi connectivity index (χ1v) is 8.39. The van der Waals surface area contributed by atoms with Crippen molar-refractivity contribution >= 4 is 17.7 Å². The second-order valence-corrected chi connectivity index (χ2v) is 6.82. The predicted molar refractivity (Wildman–Crippen MR) is 87.6 cm³/mol. The van der Waals surface area contributed by atoms with Crippen molar-refractivity contribution in [1.29, 1.82) is 0 Å². The summed E-state index contributed by atoms with van der Waals surface area (Å²) in [4.78, 5) is 1.22. The van der Waals surface area contributed by atoms with Gasteiger partial charge in [0.05, 0.1) is 0 Å². The first kappa shape index (κ1) is 19.7. The third kappa shape index (κ3) is 3.80. The Labute approximate surface area is 156 Å². The van der Waals surface area contributed by atoms with Gasteiger partial charge in [-0.3, -0.25) is 4.57 Å². The van der Waals surface area contributed by atoms with E-state index in [0.717, 1.165) is 10.6 Å². The number of halogens is 6. The summed E-state index contributed by atoms with van der Waals surface area (Å²) in [6, 6.07) is 0. The van der Waals surface area contributed by atoms with Gasteiger partial charge < -0.3 is 9.64 Å². The smallest absolute Gasteiger partial charge is 0.381 e. The summed E-state index contributed by atoms with van der Waals surface area (Å²) in [5, 5.41) is 3.27. The molecule has 0 radical (unpaired) electrons. The number of aromatic nitrogens is 3. The lowest BCUT2D eigenvalue weighted by molar-refractivity contribution is -0.162. The first-order valence-electron chi connectivity index (χ1n) is 8.01. The first-order chi connectivity index (χ1) is 12.5. The van der Waals surface area contributed by atoms with Crippen LogP contribution in [0.15, 0.2) is 30.4 Å². The van der Waals surface area contributed by atoms with Crippen LogP contribution in [0.25, 0.3) is 6.08 Å². The number of alkyl halides is 5. The van der Waals surface area contributed by atoms with Gasteiger partial charge in [0.25, 0.3) is 5.92 Å². The molecule has 3 rings (SSSR count). The van der Waals surface area contributed by atoms with E-state index in [2.05, 4.69) is 16.8 Å². The third-order valence-corrected chi connectivity index (χ3v) is 4.54. The maximum absolute atomic E-state index is 14.3. The van der Waals surface area contributed by atoms with E-state index >= 15 is 0 Å². The van der Waals surface area contributed by atoms with Crippen LogP contribution in [-0.4, -0.2) is 38.7 Å². The van der Waals surface area contributed by atoms with Crippen molar-refractivity contribution < 1.29 is 26.7 Å². The molecule has 1 aromatic rings. The van der Waals surface area contributed by atoms with Crippen molar-refractivity contribution in [1.82, 2.24) is 19.7 Å². The van der Waals surface area contributed by atoms with E-state index in [1.165, 1.54) is 18.0 Å². The fourth-order valence-corrected chi connectivity index (χ4v) is 3.14. The molecule has 148 valence electrons. The molecule has 0 amide bonds. The number of fused-ring (bicyclic) bond motifs is 1. The quantitative estimate of drug-likeness (QED) is 0.298. The Morgan fingerprint density at radius 2 is 2.11 bits per heavy atom. The normalized spacial score (nSPS) is 22.6. The molecule has 11 heteroatoms. The number of allylic oxidation sites excluding steroid dienone is 2. The van der Waals surface area contributed by atoms with Crippen LogP contribution in [0.1, 0.15) is 37.1 Å². The van der Waals surface area contributed by atoms with Crippen molar-refractivity contribution in [2.45, 2.75) is 42.8 Å². The molecule has 0 saturated heterocycles. The van der Waals surface area contributed by atoms with Crippen LogP contribution in [0, 0.1) is 0 Å². The molecule has 2 aliphatic rings. The van der Waals surface area contributed by atoms with Gasteiger partial charge in [-0.05, 0) is 23.8 Å². The van der Waals surface area contributed by atoms with Gasteiger partial charge in [-0.15, -0.1) is 10.2 Å². The molecule has 1 aliphatic heterocycles. The van der Waals surface area contributed by atoms with Gasteiger partial charge in [0.2, 0.25) is 11.7 Å². The average Bonchev–Trinajstić information content (AvgIpc) is 3.00. The molecule has 1 unspecified atom stereocenters. The van der Waals surface area contributed by atoms with Crippen LogP contribution in [-0.2, 0) is 10.1 Å². The van der Waals surface area contributed by atoms with Crippen LogP contribution in [0.3, 0.4) is 0 Å². The molecule has 0 N–H and O–H groups in total. The summed E-state index contributed by atoms with van der Waals surface area (Å²) < 4.78 is 74.3. The lowest BCUT2D eigenvalue weighted by atomic mass is 9.91. The van der Waals surface area contributed by atoms with E-state index in [9.17, 15) is 22.0 Å². The molecule has 5 nitrogen and oxygen atoms in total. The van der Waals surface area contributed by atoms with Crippen LogP contribution < -0.4 is 0 Å². The molecule has 27 heavy (non-hydrogen) atoms. The van der Waals surface area contributed by atoms with Crippen molar-refractivity contribution in [3.8, 4) is 0 Å². The number of hydrogen-bond acceptors (Lipinski definition) is 4. The van der Waals surface area contributed by atoms with Crippen LogP contribution >= 0.6 is 11.6 Å². The fraction of sp³-hybridized carbons (Fsp3) is 0.500. The molecule has 1 aliphatic carbocycles. The lowest BCUT2D eigenvalue weighted by Gasteiger charge is -2.40.